The van der Waals surface area contributed by atoms with Crippen molar-refractivity contribution in [2.45, 2.75) is 13.8 Å². The number of aryl methyl sites for hydroxylation is 2. The van der Waals surface area contributed by atoms with Crippen LogP contribution >= 0.6 is 0 Å². The molecule has 0 aliphatic carbocycles. The van der Waals surface area contributed by atoms with Crippen molar-refractivity contribution in [1.29, 1.82) is 0 Å². The van der Waals surface area contributed by atoms with Crippen molar-refractivity contribution in [2.75, 3.05) is 9.80 Å². The fourth-order valence-electron chi connectivity index (χ4n) is 9.38. The van der Waals surface area contributed by atoms with Crippen LogP contribution in [0, 0.1) is 13.8 Å². The Hall–Kier alpha value is -7.16. The summed E-state index contributed by atoms with van der Waals surface area (Å²) in [7, 11) is 0. The average Bonchev–Trinajstić information content (AvgIpc) is 3.25. The summed E-state index contributed by atoms with van der Waals surface area (Å²) in [5, 5.41) is 15.1. The second-order valence-electron chi connectivity index (χ2n) is 15.0. The first kappa shape index (κ1) is 32.3. The lowest BCUT2D eigenvalue weighted by atomic mass is 9.84. The zero-order valence-corrected chi connectivity index (χ0v) is 31.4. The Balaban J connectivity index is 1.31. The molecule has 0 aliphatic heterocycles. The van der Waals surface area contributed by atoms with E-state index < -0.39 is 0 Å². The lowest BCUT2D eigenvalue weighted by Crippen LogP contribution is -2.13. The van der Waals surface area contributed by atoms with E-state index in [1.165, 1.54) is 87.1 Å². The van der Waals surface area contributed by atoms with Crippen molar-refractivity contribution in [3.05, 3.63) is 205 Å². The number of benzene rings is 11. The summed E-state index contributed by atoms with van der Waals surface area (Å²) in [5.74, 6) is 0. The van der Waals surface area contributed by atoms with Crippen molar-refractivity contribution in [3.63, 3.8) is 0 Å². The molecule has 0 aliphatic rings. The summed E-state index contributed by atoms with van der Waals surface area (Å²) in [6, 6.07) is 71.2. The molecule has 56 heavy (non-hydrogen) atoms. The summed E-state index contributed by atoms with van der Waals surface area (Å²) in [6.45, 7) is 4.58. The summed E-state index contributed by atoms with van der Waals surface area (Å²) in [4.78, 5) is 4.97. The highest BCUT2D eigenvalue weighted by atomic mass is 15.2. The maximum absolute atomic E-state index is 2.49. The molecule has 0 aromatic heterocycles. The molecule has 2 nitrogen and oxygen atoms in total. The van der Waals surface area contributed by atoms with Gasteiger partial charge in [-0.1, -0.05) is 146 Å². The van der Waals surface area contributed by atoms with Gasteiger partial charge in [0.25, 0.3) is 0 Å². The number of fused-ring (bicyclic) bond motifs is 5. The SMILES string of the molecule is Cc1cc(N(c2ccccc2)c2cccc3ccccc23)c2c3ccccc3c3c(C)cc(N(c4ccccc4)c4cccc5ccccc45)c4ccc1c2c43. The predicted molar refractivity (Wildman–Crippen MR) is 242 cm³/mol. The monoisotopic (exact) mass is 714 g/mol. The number of nitrogens with zero attached hydrogens (tertiary/aromatic N) is 2. The van der Waals surface area contributed by atoms with Gasteiger partial charge in [-0.3, -0.25) is 0 Å². The van der Waals surface area contributed by atoms with Crippen molar-refractivity contribution in [2.24, 2.45) is 0 Å². The molecule has 0 radical (unpaired) electrons. The maximum Gasteiger partial charge on any atom is 0.0549 e. The summed E-state index contributed by atoms with van der Waals surface area (Å²) < 4.78 is 0. The maximum atomic E-state index is 2.49. The van der Waals surface area contributed by atoms with Crippen LogP contribution in [0.1, 0.15) is 11.1 Å². The Bertz CT molecular complexity index is 3260. The van der Waals surface area contributed by atoms with Gasteiger partial charge in [-0.25, -0.2) is 0 Å². The van der Waals surface area contributed by atoms with E-state index in [2.05, 4.69) is 218 Å². The molecular formula is C54H38N2. The third kappa shape index (κ3) is 4.82. The van der Waals surface area contributed by atoms with Crippen LogP contribution in [-0.2, 0) is 0 Å². The lowest BCUT2D eigenvalue weighted by molar-refractivity contribution is 1.30. The minimum atomic E-state index is 1.13. The molecule has 0 N–H and O–H groups in total. The van der Waals surface area contributed by atoms with Gasteiger partial charge in [0.1, 0.15) is 0 Å². The van der Waals surface area contributed by atoms with Crippen LogP contribution in [0.2, 0.25) is 0 Å². The molecule has 11 aromatic rings. The van der Waals surface area contributed by atoms with Crippen molar-refractivity contribution >= 4 is 98.8 Å². The van der Waals surface area contributed by atoms with Gasteiger partial charge in [-0.2, -0.15) is 0 Å². The topological polar surface area (TPSA) is 6.48 Å². The molecule has 11 aromatic carbocycles. The van der Waals surface area contributed by atoms with E-state index in [4.69, 9.17) is 0 Å². The highest BCUT2D eigenvalue weighted by Gasteiger charge is 2.26. The molecule has 264 valence electrons. The summed E-state index contributed by atoms with van der Waals surface area (Å²) in [6.07, 6.45) is 0. The van der Waals surface area contributed by atoms with Crippen LogP contribution in [0.3, 0.4) is 0 Å². The quantitative estimate of drug-likeness (QED) is 0.125. The number of para-hydroxylation sites is 2. The van der Waals surface area contributed by atoms with Gasteiger partial charge in [-0.05, 0) is 106 Å². The van der Waals surface area contributed by atoms with E-state index in [9.17, 15) is 0 Å². The van der Waals surface area contributed by atoms with Gasteiger partial charge in [0.2, 0.25) is 0 Å². The third-order valence-electron chi connectivity index (χ3n) is 11.8. The number of anilines is 6. The molecule has 0 heterocycles. The molecule has 0 bridgehead atoms. The van der Waals surface area contributed by atoms with E-state index >= 15 is 0 Å². The Morgan fingerprint density at radius 2 is 0.696 bits per heavy atom. The highest BCUT2D eigenvalue weighted by molar-refractivity contribution is 6.38. The molecule has 0 saturated heterocycles. The lowest BCUT2D eigenvalue weighted by Gasteiger charge is -2.32. The molecule has 2 heteroatoms. The molecule has 0 amide bonds. The second-order valence-corrected chi connectivity index (χ2v) is 15.0. The zero-order valence-electron chi connectivity index (χ0n) is 31.4. The standard InChI is InChI=1S/C54H38N2/c1-35-33-50(56(40-23-7-4-8-24-40)48-30-16-20-38-18-10-12-26-43(38)48)52-45-28-14-13-27-44(45)51-36(2)34-49(46-32-31-41(35)53(52)54(46)51)55(39-21-5-3-6-22-39)47-29-15-19-37-17-9-11-25-42(37)47/h3-34H,1-2H3. The Kier molecular flexibility index (Phi) is 7.33. The first-order valence-corrected chi connectivity index (χ1v) is 19.4. The van der Waals surface area contributed by atoms with Gasteiger partial charge in [0.15, 0.2) is 0 Å². The van der Waals surface area contributed by atoms with E-state index in [1.807, 2.05) is 0 Å². The van der Waals surface area contributed by atoms with Crippen LogP contribution in [0.4, 0.5) is 34.1 Å². The van der Waals surface area contributed by atoms with Crippen LogP contribution in [-0.4, -0.2) is 0 Å². The largest absolute Gasteiger partial charge is 0.309 e. The highest BCUT2D eigenvalue weighted by Crippen LogP contribution is 2.53. The van der Waals surface area contributed by atoms with E-state index in [1.54, 1.807) is 0 Å². The first-order valence-electron chi connectivity index (χ1n) is 19.4. The minimum Gasteiger partial charge on any atom is -0.309 e. The molecule has 11 rings (SSSR count). The van der Waals surface area contributed by atoms with Gasteiger partial charge < -0.3 is 9.80 Å². The van der Waals surface area contributed by atoms with Crippen molar-refractivity contribution < 1.29 is 0 Å². The molecule has 0 fully saturated rings. The minimum absolute atomic E-state index is 1.13. The summed E-state index contributed by atoms with van der Waals surface area (Å²) in [5.41, 5.74) is 9.46. The summed E-state index contributed by atoms with van der Waals surface area (Å²) >= 11 is 0. The van der Waals surface area contributed by atoms with Crippen LogP contribution in [0.15, 0.2) is 194 Å². The number of hydrogen-bond donors (Lipinski definition) is 0. The van der Waals surface area contributed by atoms with Crippen molar-refractivity contribution in [3.8, 4) is 0 Å². The predicted octanol–water partition coefficient (Wildman–Crippen LogP) is 15.6. The third-order valence-corrected chi connectivity index (χ3v) is 11.8. The van der Waals surface area contributed by atoms with E-state index in [-0.39, 0.29) is 0 Å². The van der Waals surface area contributed by atoms with Gasteiger partial charge >= 0.3 is 0 Å². The first-order chi connectivity index (χ1) is 27.7. The Morgan fingerprint density at radius 1 is 0.268 bits per heavy atom. The Morgan fingerprint density at radius 3 is 1.29 bits per heavy atom. The van der Waals surface area contributed by atoms with Gasteiger partial charge in [0.05, 0.1) is 22.7 Å². The fourth-order valence-corrected chi connectivity index (χ4v) is 9.38. The molecule has 0 saturated carbocycles. The molecular weight excluding hydrogens is 677 g/mol. The van der Waals surface area contributed by atoms with Gasteiger partial charge in [-0.15, -0.1) is 0 Å². The average molecular weight is 715 g/mol. The molecule has 0 unspecified atom stereocenters. The van der Waals surface area contributed by atoms with Crippen molar-refractivity contribution in [1.82, 2.24) is 0 Å². The van der Waals surface area contributed by atoms with E-state index in [0.717, 1.165) is 22.7 Å². The zero-order chi connectivity index (χ0) is 37.3. The normalized spacial score (nSPS) is 11.8. The van der Waals surface area contributed by atoms with E-state index in [0.29, 0.717) is 0 Å². The van der Waals surface area contributed by atoms with Crippen LogP contribution in [0.5, 0.6) is 0 Å². The molecule has 0 spiro atoms. The van der Waals surface area contributed by atoms with Crippen LogP contribution in [0.25, 0.3) is 64.6 Å². The number of hydrogen-bond acceptors (Lipinski definition) is 2. The van der Waals surface area contributed by atoms with Gasteiger partial charge in [0, 0.05) is 43.7 Å². The second kappa shape index (κ2) is 12.7. The van der Waals surface area contributed by atoms with Crippen LogP contribution < -0.4 is 9.80 Å². The molecule has 0 atom stereocenters. The number of rotatable bonds is 6. The fraction of sp³-hybridized carbons (Fsp3) is 0.0370. The Labute approximate surface area is 326 Å². The smallest absolute Gasteiger partial charge is 0.0549 e.